The Morgan fingerprint density at radius 2 is 1.70 bits per heavy atom. The zero-order chi connectivity index (χ0) is 16.8. The largest absolute Gasteiger partial charge is 0.478 e. The summed E-state index contributed by atoms with van der Waals surface area (Å²) in [5.41, 5.74) is 0.604. The summed E-state index contributed by atoms with van der Waals surface area (Å²) in [6, 6.07) is 13.5. The van der Waals surface area contributed by atoms with E-state index >= 15 is 0 Å². The first-order valence-electron chi connectivity index (χ1n) is 6.69. The van der Waals surface area contributed by atoms with Gasteiger partial charge in [0.25, 0.3) is 5.69 Å². The van der Waals surface area contributed by atoms with Crippen molar-refractivity contribution in [3.8, 4) is 0 Å². The molecule has 1 atom stereocenters. The average molecular weight is 315 g/mol. The molecule has 0 saturated carbocycles. The maximum absolute atomic E-state index is 12.0. The van der Waals surface area contributed by atoms with Crippen molar-refractivity contribution in [3.05, 3.63) is 75.8 Å². The Kier molecular flexibility index (Phi) is 5.03. The van der Waals surface area contributed by atoms with Crippen molar-refractivity contribution in [2.75, 3.05) is 0 Å². The minimum Gasteiger partial charge on any atom is -0.478 e. The molecule has 0 amide bonds. The molecule has 0 aliphatic heterocycles. The van der Waals surface area contributed by atoms with E-state index < -0.39 is 23.0 Å². The summed E-state index contributed by atoms with van der Waals surface area (Å²) in [5, 5.41) is 19.7. The van der Waals surface area contributed by atoms with E-state index in [0.717, 1.165) is 17.7 Å². The van der Waals surface area contributed by atoms with Gasteiger partial charge >= 0.3 is 11.9 Å². The summed E-state index contributed by atoms with van der Waals surface area (Å²) in [4.78, 5) is 33.2. The molecule has 0 heterocycles. The molecule has 1 N–H and O–H groups in total. The third kappa shape index (κ3) is 4.37. The second kappa shape index (κ2) is 7.17. The van der Waals surface area contributed by atoms with Gasteiger partial charge in [-0.25, -0.2) is 9.59 Å². The van der Waals surface area contributed by atoms with Crippen LogP contribution < -0.4 is 0 Å². The number of aliphatic carboxylic acids is 1. The number of benzene rings is 2. The third-order valence-corrected chi connectivity index (χ3v) is 3.10. The lowest BCUT2D eigenvalue weighted by molar-refractivity contribution is -0.384. The van der Waals surface area contributed by atoms with Gasteiger partial charge in [0.1, 0.15) is 0 Å². The number of hydrogen-bond acceptors (Lipinski definition) is 5. The van der Waals surface area contributed by atoms with Crippen molar-refractivity contribution in [3.63, 3.8) is 0 Å². The first-order valence-corrected chi connectivity index (χ1v) is 6.69. The molecule has 1 unspecified atom stereocenters. The van der Waals surface area contributed by atoms with Crippen molar-refractivity contribution >= 4 is 17.6 Å². The van der Waals surface area contributed by atoms with Crippen LogP contribution in [0.3, 0.4) is 0 Å². The number of carbonyl (C=O) groups is 2. The Labute approximate surface area is 131 Å². The Bertz CT molecular complexity index is 711. The molecule has 2 rings (SSSR count). The van der Waals surface area contributed by atoms with E-state index in [0.29, 0.717) is 0 Å². The molecule has 2 aromatic rings. The van der Waals surface area contributed by atoms with E-state index in [-0.39, 0.29) is 17.7 Å². The van der Waals surface area contributed by atoms with Crippen LogP contribution in [-0.2, 0) is 16.0 Å². The monoisotopic (exact) mass is 315 g/mol. The number of carboxylic acid groups (broad SMARTS) is 1. The third-order valence-electron chi connectivity index (χ3n) is 3.10. The van der Waals surface area contributed by atoms with Gasteiger partial charge in [-0.2, -0.15) is 0 Å². The molecule has 0 spiro atoms. The van der Waals surface area contributed by atoms with Gasteiger partial charge < -0.3 is 9.84 Å². The standard InChI is InChI=1S/C16H13NO6/c18-15(19)14(10-11-4-2-1-3-5-11)23-16(20)12-6-8-13(9-7-12)17(21)22/h1-9,14H,10H2,(H,18,19). The number of nitrogens with zero attached hydrogens (tertiary/aromatic N) is 1. The molecule has 0 aromatic heterocycles. The van der Waals surface area contributed by atoms with Crippen LogP contribution in [0.4, 0.5) is 5.69 Å². The van der Waals surface area contributed by atoms with Gasteiger partial charge in [0.2, 0.25) is 6.10 Å². The molecule has 0 saturated heterocycles. The number of nitro groups is 1. The fourth-order valence-corrected chi connectivity index (χ4v) is 1.92. The highest BCUT2D eigenvalue weighted by molar-refractivity contribution is 5.91. The van der Waals surface area contributed by atoms with Crippen LogP contribution >= 0.6 is 0 Å². The predicted octanol–water partition coefficient (Wildman–Crippen LogP) is 2.45. The van der Waals surface area contributed by atoms with Crippen LogP contribution in [0.25, 0.3) is 0 Å². The molecular formula is C16H13NO6. The highest BCUT2D eigenvalue weighted by Gasteiger charge is 2.23. The zero-order valence-electron chi connectivity index (χ0n) is 11.9. The summed E-state index contributed by atoms with van der Waals surface area (Å²) in [6.07, 6.45) is -1.30. The Morgan fingerprint density at radius 3 is 2.22 bits per heavy atom. The number of non-ortho nitro benzene ring substituents is 1. The van der Waals surface area contributed by atoms with E-state index in [1.807, 2.05) is 0 Å². The van der Waals surface area contributed by atoms with E-state index in [1.165, 1.54) is 12.1 Å². The van der Waals surface area contributed by atoms with Gasteiger partial charge in [0.15, 0.2) is 0 Å². The molecule has 0 radical (unpaired) electrons. The highest BCUT2D eigenvalue weighted by Crippen LogP contribution is 2.14. The zero-order valence-corrected chi connectivity index (χ0v) is 11.9. The van der Waals surface area contributed by atoms with Crippen LogP contribution in [0.2, 0.25) is 0 Å². The number of carboxylic acids is 1. The van der Waals surface area contributed by atoms with Gasteiger partial charge in [-0.05, 0) is 17.7 Å². The molecule has 118 valence electrons. The molecule has 0 fully saturated rings. The number of nitro benzene ring substituents is 1. The molecule has 0 aliphatic carbocycles. The number of rotatable bonds is 6. The number of carbonyl (C=O) groups excluding carboxylic acids is 1. The van der Waals surface area contributed by atoms with Gasteiger partial charge in [0.05, 0.1) is 10.5 Å². The van der Waals surface area contributed by atoms with Gasteiger partial charge in [-0.1, -0.05) is 30.3 Å². The van der Waals surface area contributed by atoms with Crippen LogP contribution in [0.15, 0.2) is 54.6 Å². The minimum absolute atomic E-state index is 0.0366. The first kappa shape index (κ1) is 16.2. The first-order chi connectivity index (χ1) is 11.0. The Morgan fingerprint density at radius 1 is 1.09 bits per heavy atom. The van der Waals surface area contributed by atoms with E-state index in [2.05, 4.69) is 0 Å². The lowest BCUT2D eigenvalue weighted by Gasteiger charge is -2.13. The summed E-state index contributed by atoms with van der Waals surface area (Å²) in [6.45, 7) is 0. The second-order valence-corrected chi connectivity index (χ2v) is 4.73. The molecular weight excluding hydrogens is 302 g/mol. The van der Waals surface area contributed by atoms with Crippen molar-refractivity contribution in [2.45, 2.75) is 12.5 Å². The topological polar surface area (TPSA) is 107 Å². The predicted molar refractivity (Wildman–Crippen MR) is 80.1 cm³/mol. The van der Waals surface area contributed by atoms with Gasteiger partial charge in [0, 0.05) is 18.6 Å². The Hall–Kier alpha value is -3.22. The number of ether oxygens (including phenoxy) is 1. The van der Waals surface area contributed by atoms with Gasteiger partial charge in [-0.15, -0.1) is 0 Å². The minimum atomic E-state index is -1.33. The lowest BCUT2D eigenvalue weighted by Crippen LogP contribution is -2.29. The van der Waals surface area contributed by atoms with Crippen molar-refractivity contribution < 1.29 is 24.4 Å². The maximum Gasteiger partial charge on any atom is 0.345 e. The summed E-state index contributed by atoms with van der Waals surface area (Å²) < 4.78 is 4.99. The smallest absolute Gasteiger partial charge is 0.345 e. The van der Waals surface area contributed by atoms with Crippen molar-refractivity contribution in [1.82, 2.24) is 0 Å². The van der Waals surface area contributed by atoms with Crippen LogP contribution in [0.1, 0.15) is 15.9 Å². The van der Waals surface area contributed by atoms with Crippen LogP contribution in [-0.4, -0.2) is 28.1 Å². The van der Waals surface area contributed by atoms with E-state index in [4.69, 9.17) is 4.74 Å². The SMILES string of the molecule is O=C(OC(Cc1ccccc1)C(=O)O)c1ccc([N+](=O)[O-])cc1. The molecule has 2 aromatic carbocycles. The van der Waals surface area contributed by atoms with Gasteiger partial charge in [-0.3, -0.25) is 10.1 Å². The number of esters is 1. The average Bonchev–Trinajstić information content (AvgIpc) is 2.55. The maximum atomic E-state index is 12.0. The summed E-state index contributed by atoms with van der Waals surface area (Å²) >= 11 is 0. The van der Waals surface area contributed by atoms with E-state index in [1.54, 1.807) is 30.3 Å². The summed E-state index contributed by atoms with van der Waals surface area (Å²) in [5.74, 6) is -2.10. The molecule has 7 nitrogen and oxygen atoms in total. The quantitative estimate of drug-likeness (QED) is 0.498. The molecule has 0 bridgehead atoms. The normalized spacial score (nSPS) is 11.5. The number of hydrogen-bond donors (Lipinski definition) is 1. The fourth-order valence-electron chi connectivity index (χ4n) is 1.92. The summed E-state index contributed by atoms with van der Waals surface area (Å²) in [7, 11) is 0. The van der Waals surface area contributed by atoms with Crippen molar-refractivity contribution in [2.24, 2.45) is 0 Å². The van der Waals surface area contributed by atoms with Crippen molar-refractivity contribution in [1.29, 1.82) is 0 Å². The van der Waals surface area contributed by atoms with E-state index in [9.17, 15) is 24.8 Å². The van der Waals surface area contributed by atoms with Crippen LogP contribution in [0.5, 0.6) is 0 Å². The fraction of sp³-hybridized carbons (Fsp3) is 0.125. The highest BCUT2D eigenvalue weighted by atomic mass is 16.6. The molecule has 0 aliphatic rings. The lowest BCUT2D eigenvalue weighted by atomic mass is 10.1. The molecule has 23 heavy (non-hydrogen) atoms. The van der Waals surface area contributed by atoms with Crippen LogP contribution in [0, 0.1) is 10.1 Å². The Balaban J connectivity index is 2.08. The second-order valence-electron chi connectivity index (χ2n) is 4.73. The molecule has 7 heteroatoms.